The standard InChI is InChI=1S/C20H25ClN2O/c1-15(13-24-14-16-5-3-2-4-6-16)23-20-18-10-12-22-11-9-17(18)7-8-19(20)21/h2-8,15,22-23H,9-14H2,1H3/t15-/m1/s1. The lowest BCUT2D eigenvalue weighted by Crippen LogP contribution is -2.23. The molecule has 1 aliphatic rings. The summed E-state index contributed by atoms with van der Waals surface area (Å²) in [5, 5.41) is 7.82. The summed E-state index contributed by atoms with van der Waals surface area (Å²) in [6.07, 6.45) is 2.07. The lowest BCUT2D eigenvalue weighted by Gasteiger charge is -2.21. The molecule has 3 nitrogen and oxygen atoms in total. The quantitative estimate of drug-likeness (QED) is 0.829. The number of rotatable bonds is 6. The Balaban J connectivity index is 1.60. The van der Waals surface area contributed by atoms with Crippen molar-refractivity contribution in [1.29, 1.82) is 0 Å². The van der Waals surface area contributed by atoms with E-state index in [1.807, 2.05) is 24.3 Å². The zero-order chi connectivity index (χ0) is 16.8. The van der Waals surface area contributed by atoms with Crippen LogP contribution in [-0.4, -0.2) is 25.7 Å². The molecule has 0 saturated carbocycles. The Kier molecular flexibility index (Phi) is 6.13. The first-order valence-electron chi connectivity index (χ1n) is 8.63. The molecule has 3 rings (SSSR count). The number of hydrogen-bond acceptors (Lipinski definition) is 3. The maximum atomic E-state index is 6.46. The molecule has 1 aliphatic heterocycles. The van der Waals surface area contributed by atoms with Gasteiger partial charge in [0, 0.05) is 6.04 Å². The van der Waals surface area contributed by atoms with Gasteiger partial charge in [0.25, 0.3) is 0 Å². The summed E-state index contributed by atoms with van der Waals surface area (Å²) in [6, 6.07) is 14.6. The van der Waals surface area contributed by atoms with Gasteiger partial charge in [-0.2, -0.15) is 0 Å². The smallest absolute Gasteiger partial charge is 0.0717 e. The van der Waals surface area contributed by atoms with Crippen molar-refractivity contribution in [3.8, 4) is 0 Å². The van der Waals surface area contributed by atoms with Crippen molar-refractivity contribution in [1.82, 2.24) is 5.32 Å². The van der Waals surface area contributed by atoms with Gasteiger partial charge in [0.15, 0.2) is 0 Å². The number of nitrogens with one attached hydrogen (secondary N) is 2. The molecule has 0 amide bonds. The molecule has 2 aromatic carbocycles. The number of anilines is 1. The summed E-state index contributed by atoms with van der Waals surface area (Å²) in [5.41, 5.74) is 5.02. The first kappa shape index (κ1) is 17.3. The number of fused-ring (bicyclic) bond motifs is 1. The van der Waals surface area contributed by atoms with E-state index in [-0.39, 0.29) is 6.04 Å². The predicted octanol–water partition coefficient (Wildman–Crippen LogP) is 4.05. The lowest BCUT2D eigenvalue weighted by atomic mass is 10.0. The van der Waals surface area contributed by atoms with Crippen molar-refractivity contribution in [2.45, 2.75) is 32.4 Å². The summed E-state index contributed by atoms with van der Waals surface area (Å²) < 4.78 is 5.84. The molecular weight excluding hydrogens is 320 g/mol. The minimum absolute atomic E-state index is 0.203. The van der Waals surface area contributed by atoms with Crippen molar-refractivity contribution in [2.75, 3.05) is 25.0 Å². The van der Waals surface area contributed by atoms with E-state index in [0.29, 0.717) is 13.2 Å². The van der Waals surface area contributed by atoms with Crippen LogP contribution in [0.3, 0.4) is 0 Å². The van der Waals surface area contributed by atoms with Crippen molar-refractivity contribution < 1.29 is 4.74 Å². The molecule has 128 valence electrons. The highest BCUT2D eigenvalue weighted by molar-refractivity contribution is 6.33. The summed E-state index contributed by atoms with van der Waals surface area (Å²) in [5.74, 6) is 0. The fraction of sp³-hybridized carbons (Fsp3) is 0.400. The monoisotopic (exact) mass is 344 g/mol. The van der Waals surface area contributed by atoms with Crippen LogP contribution < -0.4 is 10.6 Å². The topological polar surface area (TPSA) is 33.3 Å². The molecule has 0 aromatic heterocycles. The minimum Gasteiger partial charge on any atom is -0.379 e. The average molecular weight is 345 g/mol. The Morgan fingerprint density at radius 1 is 1.12 bits per heavy atom. The zero-order valence-electron chi connectivity index (χ0n) is 14.1. The second kappa shape index (κ2) is 8.52. The van der Waals surface area contributed by atoms with E-state index < -0.39 is 0 Å². The second-order valence-electron chi connectivity index (χ2n) is 6.36. The SMILES string of the molecule is C[C@H](COCc1ccccc1)Nc1c(Cl)ccc2c1CCNCC2. The molecule has 0 bridgehead atoms. The molecule has 2 N–H and O–H groups in total. The molecule has 0 aliphatic carbocycles. The highest BCUT2D eigenvalue weighted by atomic mass is 35.5. The molecule has 0 unspecified atom stereocenters. The minimum atomic E-state index is 0.203. The molecule has 1 atom stereocenters. The number of ether oxygens (including phenoxy) is 1. The van der Waals surface area contributed by atoms with Crippen molar-refractivity contribution >= 4 is 17.3 Å². The number of hydrogen-bond donors (Lipinski definition) is 2. The fourth-order valence-corrected chi connectivity index (χ4v) is 3.35. The van der Waals surface area contributed by atoms with Gasteiger partial charge in [-0.15, -0.1) is 0 Å². The Morgan fingerprint density at radius 3 is 2.75 bits per heavy atom. The van der Waals surface area contributed by atoms with Crippen LogP contribution in [0.5, 0.6) is 0 Å². The van der Waals surface area contributed by atoms with Crippen LogP contribution >= 0.6 is 11.6 Å². The van der Waals surface area contributed by atoms with E-state index in [4.69, 9.17) is 16.3 Å². The summed E-state index contributed by atoms with van der Waals surface area (Å²) >= 11 is 6.46. The van der Waals surface area contributed by atoms with Crippen LogP contribution in [0.4, 0.5) is 5.69 Å². The van der Waals surface area contributed by atoms with Gasteiger partial charge < -0.3 is 15.4 Å². The van der Waals surface area contributed by atoms with Crippen LogP contribution in [0.25, 0.3) is 0 Å². The molecule has 0 saturated heterocycles. The van der Waals surface area contributed by atoms with Crippen molar-refractivity contribution in [3.63, 3.8) is 0 Å². The van der Waals surface area contributed by atoms with Gasteiger partial charge in [-0.05, 0) is 55.6 Å². The highest BCUT2D eigenvalue weighted by Gasteiger charge is 2.16. The largest absolute Gasteiger partial charge is 0.379 e. The van der Waals surface area contributed by atoms with Crippen LogP contribution in [0.1, 0.15) is 23.6 Å². The van der Waals surface area contributed by atoms with E-state index in [1.54, 1.807) is 0 Å². The summed E-state index contributed by atoms with van der Waals surface area (Å²) in [4.78, 5) is 0. The van der Waals surface area contributed by atoms with Crippen LogP contribution in [0.15, 0.2) is 42.5 Å². The molecule has 0 spiro atoms. The van der Waals surface area contributed by atoms with E-state index >= 15 is 0 Å². The predicted molar refractivity (Wildman–Crippen MR) is 101 cm³/mol. The van der Waals surface area contributed by atoms with Crippen LogP contribution in [0.2, 0.25) is 5.02 Å². The first-order chi connectivity index (χ1) is 11.7. The Bertz CT molecular complexity index is 660. The molecule has 0 fully saturated rings. The average Bonchev–Trinajstić information content (AvgIpc) is 2.84. The molecule has 24 heavy (non-hydrogen) atoms. The van der Waals surface area contributed by atoms with E-state index in [9.17, 15) is 0 Å². The zero-order valence-corrected chi connectivity index (χ0v) is 14.9. The lowest BCUT2D eigenvalue weighted by molar-refractivity contribution is 0.115. The number of halogens is 1. The molecule has 1 heterocycles. The fourth-order valence-electron chi connectivity index (χ4n) is 3.12. The molecule has 4 heteroatoms. The Hall–Kier alpha value is -1.55. The van der Waals surface area contributed by atoms with E-state index in [2.05, 4.69) is 35.8 Å². The van der Waals surface area contributed by atoms with Gasteiger partial charge in [0.2, 0.25) is 0 Å². The molecular formula is C20H25ClN2O. The van der Waals surface area contributed by atoms with Crippen LogP contribution in [0, 0.1) is 0 Å². The maximum absolute atomic E-state index is 6.46. The van der Waals surface area contributed by atoms with Gasteiger partial charge in [-0.3, -0.25) is 0 Å². The van der Waals surface area contributed by atoms with Gasteiger partial charge in [-0.1, -0.05) is 48.0 Å². The van der Waals surface area contributed by atoms with Gasteiger partial charge in [0.05, 0.1) is 23.9 Å². The van der Waals surface area contributed by atoms with Gasteiger partial charge >= 0.3 is 0 Å². The maximum Gasteiger partial charge on any atom is 0.0717 e. The van der Waals surface area contributed by atoms with Gasteiger partial charge in [-0.25, -0.2) is 0 Å². The second-order valence-corrected chi connectivity index (χ2v) is 6.76. The van der Waals surface area contributed by atoms with Crippen molar-refractivity contribution in [2.24, 2.45) is 0 Å². The number of benzene rings is 2. The van der Waals surface area contributed by atoms with Crippen molar-refractivity contribution in [3.05, 3.63) is 64.2 Å². The summed E-state index contributed by atoms with van der Waals surface area (Å²) in [7, 11) is 0. The van der Waals surface area contributed by atoms with E-state index in [1.165, 1.54) is 16.7 Å². The summed E-state index contributed by atoms with van der Waals surface area (Å²) in [6.45, 7) is 5.45. The first-order valence-corrected chi connectivity index (χ1v) is 9.01. The molecule has 2 aromatic rings. The third kappa shape index (κ3) is 4.50. The Morgan fingerprint density at radius 2 is 1.92 bits per heavy atom. The highest BCUT2D eigenvalue weighted by Crippen LogP contribution is 2.31. The van der Waals surface area contributed by atoms with E-state index in [0.717, 1.165) is 36.6 Å². The third-order valence-electron chi connectivity index (χ3n) is 4.35. The van der Waals surface area contributed by atoms with Gasteiger partial charge in [0.1, 0.15) is 0 Å². The molecule has 0 radical (unpaired) electrons. The normalized spacial score (nSPS) is 15.4. The van der Waals surface area contributed by atoms with Crippen LogP contribution in [-0.2, 0) is 24.2 Å². The third-order valence-corrected chi connectivity index (χ3v) is 4.67. The Labute approximate surface area is 149 Å².